The summed E-state index contributed by atoms with van der Waals surface area (Å²) in [6.45, 7) is 0.00445. The van der Waals surface area contributed by atoms with E-state index in [0.29, 0.717) is 21.9 Å². The minimum atomic E-state index is -0.418. The van der Waals surface area contributed by atoms with Crippen molar-refractivity contribution in [3.8, 4) is 11.5 Å². The fraction of sp³-hybridized carbons (Fsp3) is 0.0870. The smallest absolute Gasteiger partial charge is 0.187 e. The van der Waals surface area contributed by atoms with Crippen LogP contribution < -0.4 is 14.8 Å². The molecule has 0 saturated carbocycles. The van der Waals surface area contributed by atoms with E-state index in [-0.39, 0.29) is 12.4 Å². The first-order valence-corrected chi connectivity index (χ1v) is 9.22. The van der Waals surface area contributed by atoms with Gasteiger partial charge in [0.2, 0.25) is 0 Å². The van der Waals surface area contributed by atoms with Gasteiger partial charge in [-0.25, -0.2) is 4.39 Å². The number of benzene rings is 3. The van der Waals surface area contributed by atoms with Gasteiger partial charge in [-0.1, -0.05) is 17.7 Å². The minimum Gasteiger partial charge on any atom is -0.497 e. The number of halogens is 2. The Morgan fingerprint density at radius 3 is 2.38 bits per heavy atom. The van der Waals surface area contributed by atoms with Crippen molar-refractivity contribution in [1.82, 2.24) is 0 Å². The number of carbonyl (C=O) groups excluding carboxylic acids is 1. The number of rotatable bonds is 8. The van der Waals surface area contributed by atoms with Crippen LogP contribution in [0.3, 0.4) is 0 Å². The van der Waals surface area contributed by atoms with E-state index in [9.17, 15) is 9.18 Å². The van der Waals surface area contributed by atoms with Crippen molar-refractivity contribution in [2.45, 2.75) is 6.61 Å². The summed E-state index contributed by atoms with van der Waals surface area (Å²) in [5.74, 6) is 0.699. The fourth-order valence-corrected chi connectivity index (χ4v) is 2.76. The van der Waals surface area contributed by atoms with E-state index in [1.165, 1.54) is 12.1 Å². The number of anilines is 1. The van der Waals surface area contributed by atoms with Crippen LogP contribution in [0.25, 0.3) is 0 Å². The third-order valence-corrected chi connectivity index (χ3v) is 4.51. The molecule has 0 bridgehead atoms. The molecular formula is C23H19ClFNO3. The molecule has 0 amide bonds. The molecule has 0 radical (unpaired) electrons. The number of ketones is 1. The molecule has 0 spiro atoms. The van der Waals surface area contributed by atoms with Gasteiger partial charge in [-0.05, 0) is 60.7 Å². The third kappa shape index (κ3) is 5.59. The summed E-state index contributed by atoms with van der Waals surface area (Å²) in [6, 6.07) is 18.4. The molecule has 3 aromatic rings. The molecule has 1 N–H and O–H groups in total. The Morgan fingerprint density at radius 1 is 1.03 bits per heavy atom. The first-order valence-electron chi connectivity index (χ1n) is 8.84. The standard InChI is InChI=1S/C23H19ClFNO3/c1-28-18-11-7-17(8-12-18)26-14-13-23(27)16-5-9-19(10-6-16)29-15-20-21(24)3-2-4-22(20)25/h2-14,26H,15H2,1H3/b14-13+. The highest BCUT2D eigenvalue weighted by Gasteiger charge is 2.08. The van der Waals surface area contributed by atoms with E-state index >= 15 is 0 Å². The van der Waals surface area contributed by atoms with Crippen molar-refractivity contribution in [3.05, 3.63) is 101 Å². The van der Waals surface area contributed by atoms with Gasteiger partial charge in [0.1, 0.15) is 23.9 Å². The van der Waals surface area contributed by atoms with Gasteiger partial charge in [-0.2, -0.15) is 0 Å². The minimum absolute atomic E-state index is 0.00445. The van der Waals surface area contributed by atoms with Crippen molar-refractivity contribution < 1.29 is 18.7 Å². The second-order valence-electron chi connectivity index (χ2n) is 6.08. The van der Waals surface area contributed by atoms with Crippen molar-refractivity contribution >= 4 is 23.1 Å². The van der Waals surface area contributed by atoms with E-state index in [0.717, 1.165) is 11.4 Å². The van der Waals surface area contributed by atoms with Gasteiger partial charge >= 0.3 is 0 Å². The summed E-state index contributed by atoms with van der Waals surface area (Å²) >= 11 is 5.99. The Bertz CT molecular complexity index is 981. The topological polar surface area (TPSA) is 47.6 Å². The number of ether oxygens (including phenoxy) is 2. The molecule has 0 heterocycles. The highest BCUT2D eigenvalue weighted by molar-refractivity contribution is 6.31. The lowest BCUT2D eigenvalue weighted by molar-refractivity contribution is 0.104. The first-order chi connectivity index (χ1) is 14.1. The lowest BCUT2D eigenvalue weighted by Gasteiger charge is -2.09. The number of methoxy groups -OCH3 is 1. The molecule has 0 aliphatic heterocycles. The van der Waals surface area contributed by atoms with Crippen LogP contribution >= 0.6 is 11.6 Å². The van der Waals surface area contributed by atoms with E-state index in [1.54, 1.807) is 49.7 Å². The van der Waals surface area contributed by atoms with Gasteiger partial charge in [-0.3, -0.25) is 4.79 Å². The molecule has 6 heteroatoms. The van der Waals surface area contributed by atoms with Crippen LogP contribution in [0, 0.1) is 5.82 Å². The zero-order valence-electron chi connectivity index (χ0n) is 15.7. The van der Waals surface area contributed by atoms with Crippen molar-refractivity contribution in [2.24, 2.45) is 0 Å². The normalized spacial score (nSPS) is 10.7. The summed E-state index contributed by atoms with van der Waals surface area (Å²) in [6.07, 6.45) is 3.02. The van der Waals surface area contributed by atoms with Gasteiger partial charge in [0.25, 0.3) is 0 Å². The van der Waals surface area contributed by atoms with Gasteiger partial charge in [0, 0.05) is 29.1 Å². The second kappa shape index (κ2) is 9.75. The van der Waals surface area contributed by atoms with Gasteiger partial charge in [-0.15, -0.1) is 0 Å². The SMILES string of the molecule is COc1ccc(N/C=C/C(=O)c2ccc(OCc3c(F)cccc3Cl)cc2)cc1. The van der Waals surface area contributed by atoms with Gasteiger partial charge in [0.15, 0.2) is 5.78 Å². The summed E-state index contributed by atoms with van der Waals surface area (Å²) in [7, 11) is 1.60. The summed E-state index contributed by atoms with van der Waals surface area (Å²) < 4.78 is 24.4. The molecule has 3 aromatic carbocycles. The van der Waals surface area contributed by atoms with E-state index in [1.807, 2.05) is 24.3 Å². The monoisotopic (exact) mass is 411 g/mol. The quantitative estimate of drug-likeness (QED) is 0.371. The van der Waals surface area contributed by atoms with Crippen LogP contribution in [-0.4, -0.2) is 12.9 Å². The van der Waals surface area contributed by atoms with Crippen LogP contribution in [0.1, 0.15) is 15.9 Å². The Labute approximate surface area is 173 Å². The fourth-order valence-electron chi connectivity index (χ4n) is 2.54. The van der Waals surface area contributed by atoms with E-state index in [4.69, 9.17) is 21.1 Å². The number of hydrogen-bond donors (Lipinski definition) is 1. The number of hydrogen-bond acceptors (Lipinski definition) is 4. The molecule has 0 atom stereocenters. The highest BCUT2D eigenvalue weighted by atomic mass is 35.5. The Morgan fingerprint density at radius 2 is 1.72 bits per heavy atom. The van der Waals surface area contributed by atoms with Crippen LogP contribution in [0.2, 0.25) is 5.02 Å². The lowest BCUT2D eigenvalue weighted by atomic mass is 10.1. The van der Waals surface area contributed by atoms with Crippen LogP contribution in [-0.2, 0) is 6.61 Å². The molecule has 29 heavy (non-hydrogen) atoms. The molecule has 4 nitrogen and oxygen atoms in total. The molecule has 0 fully saturated rings. The van der Waals surface area contributed by atoms with Crippen LogP contribution in [0.4, 0.5) is 10.1 Å². The second-order valence-corrected chi connectivity index (χ2v) is 6.49. The molecule has 0 aliphatic carbocycles. The Kier molecular flexibility index (Phi) is 6.87. The van der Waals surface area contributed by atoms with Gasteiger partial charge in [0.05, 0.1) is 12.1 Å². The Hall–Kier alpha value is -3.31. The Balaban J connectivity index is 1.55. The van der Waals surface area contributed by atoms with Crippen molar-refractivity contribution in [3.63, 3.8) is 0 Å². The first kappa shape index (κ1) is 20.4. The predicted octanol–water partition coefficient (Wildman–Crippen LogP) is 5.88. The molecule has 0 unspecified atom stereocenters. The number of allylic oxidation sites excluding steroid dienone is 1. The number of carbonyl (C=O) groups is 1. The number of nitrogens with one attached hydrogen (secondary N) is 1. The highest BCUT2D eigenvalue weighted by Crippen LogP contribution is 2.22. The average Bonchev–Trinajstić information content (AvgIpc) is 2.74. The summed E-state index contributed by atoms with van der Waals surface area (Å²) in [5.41, 5.74) is 1.64. The maximum absolute atomic E-state index is 13.8. The molecule has 0 aliphatic rings. The molecule has 3 rings (SSSR count). The maximum Gasteiger partial charge on any atom is 0.187 e. The van der Waals surface area contributed by atoms with Crippen LogP contribution in [0.5, 0.6) is 11.5 Å². The lowest BCUT2D eigenvalue weighted by Crippen LogP contribution is -2.00. The van der Waals surface area contributed by atoms with E-state index < -0.39 is 5.82 Å². The van der Waals surface area contributed by atoms with Crippen LogP contribution in [0.15, 0.2) is 79.0 Å². The predicted molar refractivity (Wildman–Crippen MR) is 112 cm³/mol. The summed E-state index contributed by atoms with van der Waals surface area (Å²) in [4.78, 5) is 12.3. The molecular weight excluding hydrogens is 393 g/mol. The van der Waals surface area contributed by atoms with E-state index in [2.05, 4.69) is 5.32 Å². The average molecular weight is 412 g/mol. The van der Waals surface area contributed by atoms with Crippen molar-refractivity contribution in [1.29, 1.82) is 0 Å². The zero-order chi connectivity index (χ0) is 20.6. The van der Waals surface area contributed by atoms with Gasteiger partial charge < -0.3 is 14.8 Å². The molecule has 148 valence electrons. The molecule has 0 saturated heterocycles. The largest absolute Gasteiger partial charge is 0.497 e. The maximum atomic E-state index is 13.8. The molecule has 0 aromatic heterocycles. The van der Waals surface area contributed by atoms with Crippen molar-refractivity contribution in [2.75, 3.05) is 12.4 Å². The zero-order valence-corrected chi connectivity index (χ0v) is 16.4. The third-order valence-electron chi connectivity index (χ3n) is 4.16. The summed E-state index contributed by atoms with van der Waals surface area (Å²) in [5, 5.41) is 3.34.